The van der Waals surface area contributed by atoms with Crippen LogP contribution < -0.4 is 5.32 Å². The van der Waals surface area contributed by atoms with Gasteiger partial charge < -0.3 is 5.32 Å². The second-order valence-corrected chi connectivity index (χ2v) is 8.67. The monoisotopic (exact) mass is 458 g/mol. The quantitative estimate of drug-likeness (QED) is 0.247. The molecule has 33 heavy (non-hydrogen) atoms. The van der Waals surface area contributed by atoms with E-state index in [1.807, 2.05) is 6.08 Å². The zero-order chi connectivity index (χ0) is 23.7. The summed E-state index contributed by atoms with van der Waals surface area (Å²) in [5.41, 5.74) is -3.39. The van der Waals surface area contributed by atoms with Crippen LogP contribution in [-0.2, 0) is 4.79 Å². The molecule has 0 aromatic heterocycles. The van der Waals surface area contributed by atoms with E-state index in [9.17, 15) is 31.9 Å². The molecule has 2 bridgehead atoms. The number of nitrogens with one attached hydrogen (secondary N) is 1. The molecule has 1 fully saturated rings. The fourth-order valence-corrected chi connectivity index (χ4v) is 5.31. The van der Waals surface area contributed by atoms with Crippen LogP contribution in [0.25, 0.3) is 0 Å². The van der Waals surface area contributed by atoms with Crippen molar-refractivity contribution in [3.05, 3.63) is 82.4 Å². The van der Waals surface area contributed by atoms with Crippen molar-refractivity contribution in [1.82, 2.24) is 10.2 Å². The first-order valence-corrected chi connectivity index (χ1v) is 10.5. The van der Waals surface area contributed by atoms with E-state index in [1.54, 1.807) is 43.3 Å². The van der Waals surface area contributed by atoms with Crippen LogP contribution in [0, 0.1) is 35.1 Å². The predicted octanol–water partition coefficient (Wildman–Crippen LogP) is 4.05. The Labute approximate surface area is 186 Å². The Kier molecular flexibility index (Phi) is 4.70. The third kappa shape index (κ3) is 2.81. The van der Waals surface area contributed by atoms with E-state index in [0.29, 0.717) is 11.3 Å². The number of carbonyl (C=O) groups excluding carboxylic acids is 3. The number of carbonyl (C=O) groups is 3. The van der Waals surface area contributed by atoms with E-state index in [1.165, 1.54) is 0 Å². The molecule has 4 atom stereocenters. The van der Waals surface area contributed by atoms with Gasteiger partial charge in [-0.2, -0.15) is 0 Å². The minimum atomic E-state index is -2.18. The molecule has 0 saturated heterocycles. The molecule has 170 valence electrons. The van der Waals surface area contributed by atoms with Crippen LogP contribution in [0.1, 0.15) is 52.1 Å². The average Bonchev–Trinajstić information content (AvgIpc) is 3.49. The molecule has 9 heteroatoms. The number of fused-ring (bicyclic) bond motifs is 3. The van der Waals surface area contributed by atoms with E-state index in [2.05, 4.69) is 5.32 Å². The van der Waals surface area contributed by atoms with Crippen LogP contribution in [-0.4, -0.2) is 28.2 Å². The zero-order valence-corrected chi connectivity index (χ0v) is 17.4. The zero-order valence-electron chi connectivity index (χ0n) is 17.4. The van der Waals surface area contributed by atoms with E-state index in [0.717, 1.165) is 5.56 Å². The van der Waals surface area contributed by atoms with E-state index in [-0.39, 0.29) is 12.3 Å². The normalized spacial score (nSPS) is 26.2. The van der Waals surface area contributed by atoms with Crippen LogP contribution >= 0.6 is 0 Å². The standard InChI is InChI=1S/C24H18F4N2O3/c1-11(13-5-3-2-4-6-13)29-23(33)24(10-12-7-8-14(24)9-12)30-21(31)15-16(22(30)32)18(26)20(28)19(27)17(15)25/h2-8,11-12,14H,9-10H2,1H3,(H,29,33)/t11-,12-,14+,24+/m1/s1. The molecule has 3 amide bonds. The number of allylic oxidation sites excluding steroid dienone is 1. The molecule has 3 aliphatic rings. The lowest BCUT2D eigenvalue weighted by Crippen LogP contribution is -2.63. The number of nitrogens with zero attached hydrogens (tertiary/aromatic N) is 1. The molecule has 1 saturated carbocycles. The molecule has 2 aromatic carbocycles. The van der Waals surface area contributed by atoms with Crippen molar-refractivity contribution in [3.8, 4) is 0 Å². The van der Waals surface area contributed by atoms with Crippen LogP contribution in [0.15, 0.2) is 42.5 Å². The molecule has 0 spiro atoms. The Morgan fingerprint density at radius 3 is 2.03 bits per heavy atom. The highest BCUT2D eigenvalue weighted by atomic mass is 19.2. The fourth-order valence-electron chi connectivity index (χ4n) is 5.31. The average molecular weight is 458 g/mol. The van der Waals surface area contributed by atoms with Gasteiger partial charge in [0.05, 0.1) is 17.2 Å². The number of rotatable bonds is 4. The minimum absolute atomic E-state index is 0.0428. The first-order valence-electron chi connectivity index (χ1n) is 10.5. The highest BCUT2D eigenvalue weighted by Gasteiger charge is 2.63. The van der Waals surface area contributed by atoms with Crippen molar-refractivity contribution < 1.29 is 31.9 Å². The molecule has 0 radical (unpaired) electrons. The minimum Gasteiger partial charge on any atom is -0.348 e. The number of halogens is 4. The number of amides is 3. The summed E-state index contributed by atoms with van der Waals surface area (Å²) in [6.45, 7) is 1.72. The second kappa shape index (κ2) is 7.26. The van der Waals surface area contributed by atoms with Crippen molar-refractivity contribution in [3.63, 3.8) is 0 Å². The van der Waals surface area contributed by atoms with Gasteiger partial charge in [-0.25, -0.2) is 17.6 Å². The van der Waals surface area contributed by atoms with Gasteiger partial charge in [0, 0.05) is 5.92 Å². The Morgan fingerprint density at radius 1 is 0.970 bits per heavy atom. The molecule has 1 N–H and O–H groups in total. The van der Waals surface area contributed by atoms with Crippen LogP contribution in [0.5, 0.6) is 0 Å². The Bertz CT molecular complexity index is 1200. The van der Waals surface area contributed by atoms with Crippen LogP contribution in [0.2, 0.25) is 0 Å². The number of hydrogen-bond acceptors (Lipinski definition) is 3. The van der Waals surface area contributed by atoms with Gasteiger partial charge in [-0.05, 0) is 31.2 Å². The first-order chi connectivity index (χ1) is 15.7. The summed E-state index contributed by atoms with van der Waals surface area (Å²) < 4.78 is 56.7. The Morgan fingerprint density at radius 2 is 1.55 bits per heavy atom. The highest BCUT2D eigenvalue weighted by Crippen LogP contribution is 2.52. The molecular formula is C24H18F4N2O3. The maximum absolute atomic E-state index is 14.5. The third-order valence-electron chi connectivity index (χ3n) is 6.90. The van der Waals surface area contributed by atoms with Crippen molar-refractivity contribution in [1.29, 1.82) is 0 Å². The fraction of sp³-hybridized carbons (Fsp3) is 0.292. The predicted molar refractivity (Wildman–Crippen MR) is 108 cm³/mol. The lowest BCUT2D eigenvalue weighted by molar-refractivity contribution is -0.133. The van der Waals surface area contributed by atoms with E-state index >= 15 is 0 Å². The molecular weight excluding hydrogens is 440 g/mol. The molecule has 1 heterocycles. The molecule has 1 aliphatic heterocycles. The maximum atomic E-state index is 14.5. The van der Waals surface area contributed by atoms with Gasteiger partial charge in [0.2, 0.25) is 5.91 Å². The van der Waals surface area contributed by atoms with Crippen molar-refractivity contribution >= 4 is 17.7 Å². The van der Waals surface area contributed by atoms with Gasteiger partial charge in [0.25, 0.3) is 11.8 Å². The summed E-state index contributed by atoms with van der Waals surface area (Å²) in [6, 6.07) is 8.45. The lowest BCUT2D eigenvalue weighted by Gasteiger charge is -2.41. The maximum Gasteiger partial charge on any atom is 0.265 e. The molecule has 2 aliphatic carbocycles. The van der Waals surface area contributed by atoms with Gasteiger partial charge in [-0.1, -0.05) is 42.5 Å². The summed E-state index contributed by atoms with van der Waals surface area (Å²) in [6.07, 6.45) is 4.04. The molecule has 5 nitrogen and oxygen atoms in total. The highest BCUT2D eigenvalue weighted by molar-refractivity contribution is 6.24. The Balaban J connectivity index is 1.60. The SMILES string of the molecule is C[C@@H](NC(=O)[C@]1(N2C(=O)c3c(F)c(F)c(F)c(F)c3C2=O)C[C@@H]2C=C[C@H]1C2)c1ccccc1. The van der Waals surface area contributed by atoms with Crippen molar-refractivity contribution in [2.75, 3.05) is 0 Å². The number of hydrogen-bond donors (Lipinski definition) is 1. The third-order valence-corrected chi connectivity index (χ3v) is 6.90. The first kappa shape index (κ1) is 21.4. The lowest BCUT2D eigenvalue weighted by atomic mass is 9.81. The second-order valence-electron chi connectivity index (χ2n) is 8.67. The molecule has 5 rings (SSSR count). The van der Waals surface area contributed by atoms with Gasteiger partial charge in [0.1, 0.15) is 5.54 Å². The van der Waals surface area contributed by atoms with Gasteiger partial charge in [-0.15, -0.1) is 0 Å². The van der Waals surface area contributed by atoms with E-state index < -0.39 is 69.6 Å². The molecule has 0 unspecified atom stereocenters. The van der Waals surface area contributed by atoms with E-state index in [4.69, 9.17) is 0 Å². The largest absolute Gasteiger partial charge is 0.348 e. The van der Waals surface area contributed by atoms with Crippen LogP contribution in [0.3, 0.4) is 0 Å². The van der Waals surface area contributed by atoms with Crippen molar-refractivity contribution in [2.24, 2.45) is 11.8 Å². The van der Waals surface area contributed by atoms with Gasteiger partial charge >= 0.3 is 0 Å². The molecule has 2 aromatic rings. The summed E-state index contributed by atoms with van der Waals surface area (Å²) in [5, 5.41) is 2.81. The van der Waals surface area contributed by atoms with Crippen LogP contribution in [0.4, 0.5) is 17.6 Å². The van der Waals surface area contributed by atoms with Crippen molar-refractivity contribution in [2.45, 2.75) is 31.3 Å². The summed E-state index contributed by atoms with van der Waals surface area (Å²) in [4.78, 5) is 40.5. The smallest absolute Gasteiger partial charge is 0.265 e. The van der Waals surface area contributed by atoms with Gasteiger partial charge in [0.15, 0.2) is 23.3 Å². The number of benzene rings is 2. The van der Waals surface area contributed by atoms with Gasteiger partial charge in [-0.3, -0.25) is 19.3 Å². The summed E-state index contributed by atoms with van der Waals surface area (Å²) in [5.74, 6) is -12.4. The number of imide groups is 1. The summed E-state index contributed by atoms with van der Waals surface area (Å²) in [7, 11) is 0. The summed E-state index contributed by atoms with van der Waals surface area (Å²) >= 11 is 0. The topological polar surface area (TPSA) is 66.5 Å². The Hall–Kier alpha value is -3.49.